The van der Waals surface area contributed by atoms with Gasteiger partial charge < -0.3 is 28.9 Å². The Morgan fingerprint density at radius 3 is 2.00 bits per heavy atom. The molecule has 0 radical (unpaired) electrons. The molecule has 15 nitrogen and oxygen atoms in total. The van der Waals surface area contributed by atoms with Gasteiger partial charge in [-0.1, -0.05) is 0 Å². The Bertz CT molecular complexity index is 1230. The number of aromatic nitrogens is 2. The van der Waals surface area contributed by atoms with Crippen molar-refractivity contribution < 1.29 is 56.3 Å². The zero-order chi connectivity index (χ0) is 31.4. The maximum atomic E-state index is 14.4. The van der Waals surface area contributed by atoms with Crippen LogP contribution < -0.4 is 21.4 Å². The molecule has 1 saturated heterocycles. The Hall–Kier alpha value is -2.60. The molecule has 0 amide bonds. The molecule has 5 N–H and O–H groups in total. The molecule has 1 aromatic rings. The summed E-state index contributed by atoms with van der Waals surface area (Å²) < 4.78 is 77.1. The number of H-pyrrole nitrogens is 1. The van der Waals surface area contributed by atoms with Crippen molar-refractivity contribution in [3.8, 4) is 0 Å². The number of nitrogens with one attached hydrogen (secondary N) is 3. The first kappa shape index (κ1) is 34.6. The number of rotatable bonds is 13. The highest BCUT2D eigenvalue weighted by molar-refractivity contribution is 7.54. The summed E-state index contributed by atoms with van der Waals surface area (Å²) in [5.74, 6) is -3.36. The predicted molar refractivity (Wildman–Crippen MR) is 133 cm³/mol. The lowest BCUT2D eigenvalue weighted by atomic mass is 9.96. The second-order valence-electron chi connectivity index (χ2n) is 9.84. The summed E-state index contributed by atoms with van der Waals surface area (Å²) >= 11 is 0. The molecule has 1 aliphatic rings. The van der Waals surface area contributed by atoms with Crippen LogP contribution in [0.15, 0.2) is 15.8 Å². The van der Waals surface area contributed by atoms with Crippen molar-refractivity contribution in [1.29, 1.82) is 0 Å². The Morgan fingerprint density at radius 2 is 1.56 bits per heavy atom. The van der Waals surface area contributed by atoms with Crippen LogP contribution in [0.25, 0.3) is 0 Å². The van der Waals surface area contributed by atoms with E-state index in [-0.39, 0.29) is 10.8 Å². The molecule has 1 aliphatic heterocycles. The zero-order valence-electron chi connectivity index (χ0n) is 23.0. The quantitative estimate of drug-likeness (QED) is 0.145. The molecule has 1 fully saturated rings. The van der Waals surface area contributed by atoms with E-state index >= 15 is 0 Å². The fourth-order valence-corrected chi connectivity index (χ4v) is 5.47. The largest absolute Gasteiger partial charge is 0.462 e. The Balaban J connectivity index is 2.42. The average molecular weight is 618 g/mol. The van der Waals surface area contributed by atoms with Gasteiger partial charge in [-0.3, -0.25) is 28.5 Å². The van der Waals surface area contributed by atoms with Gasteiger partial charge in [0.15, 0.2) is 11.8 Å². The van der Waals surface area contributed by atoms with Crippen LogP contribution >= 0.6 is 7.67 Å². The van der Waals surface area contributed by atoms with E-state index in [1.54, 1.807) is 4.98 Å². The molecule has 0 unspecified atom stereocenters. The lowest BCUT2D eigenvalue weighted by Gasteiger charge is -2.33. The van der Waals surface area contributed by atoms with Gasteiger partial charge in [0, 0.05) is 0 Å². The number of halogens is 3. The van der Waals surface area contributed by atoms with Crippen LogP contribution in [0.5, 0.6) is 0 Å². The fourth-order valence-electron chi connectivity index (χ4n) is 3.63. The van der Waals surface area contributed by atoms with Crippen LogP contribution in [0.3, 0.4) is 0 Å². The third-order valence-electron chi connectivity index (χ3n) is 5.63. The molecule has 2 rings (SSSR count). The number of ether oxygens (including phenoxy) is 3. The lowest BCUT2D eigenvalue weighted by molar-refractivity contribution is -0.192. The molecule has 1 aromatic heterocycles. The summed E-state index contributed by atoms with van der Waals surface area (Å²) in [6.45, 7) is 7.10. The summed E-state index contributed by atoms with van der Waals surface area (Å²) in [6.07, 6.45) is -11.5. The molecule has 19 heteroatoms. The number of hydrogen-bond acceptors (Lipinski definition) is 11. The number of carbonyl (C=O) groups is 2. The molecule has 6 atom stereocenters. The smallest absolute Gasteiger partial charge is 0.342 e. The van der Waals surface area contributed by atoms with Crippen molar-refractivity contribution in [3.05, 3.63) is 32.9 Å². The maximum Gasteiger partial charge on any atom is 0.342 e. The van der Waals surface area contributed by atoms with Gasteiger partial charge in [-0.05, 0) is 41.5 Å². The SMILES string of the molecule is CC(C)OC(=O)[C@H](C)NP(=O)(N[C@@H](C)C(=O)OC(C)C)OC[C@@]1(C(F)F)O[C@@H](n2cc(F)c(=O)[nH]c2=O)[C@H](O)[C@H]1O. The highest BCUT2D eigenvalue weighted by Gasteiger charge is 2.61. The number of aliphatic hydroxyl groups is 2. The molecule has 0 spiro atoms. The molecular formula is C22H34F3N4O11P. The second-order valence-corrected chi connectivity index (χ2v) is 11.7. The summed E-state index contributed by atoms with van der Waals surface area (Å²) in [5, 5.41) is 25.5. The third kappa shape index (κ3) is 8.24. The van der Waals surface area contributed by atoms with Crippen molar-refractivity contribution in [1.82, 2.24) is 19.7 Å². The van der Waals surface area contributed by atoms with E-state index in [2.05, 4.69) is 10.2 Å². The number of nitrogens with zero attached hydrogens (tertiary/aromatic N) is 1. The van der Waals surface area contributed by atoms with Crippen LogP contribution in [0.4, 0.5) is 13.2 Å². The Labute approximate surface area is 231 Å². The number of aliphatic hydroxyl groups excluding tert-OH is 2. The minimum absolute atomic E-state index is 0.235. The first-order valence-corrected chi connectivity index (χ1v) is 14.0. The zero-order valence-corrected chi connectivity index (χ0v) is 23.9. The number of alkyl halides is 2. The van der Waals surface area contributed by atoms with Gasteiger partial charge >= 0.3 is 25.3 Å². The van der Waals surface area contributed by atoms with E-state index in [9.17, 15) is 47.1 Å². The standard InChI is InChI=1S/C22H34F3N4O11P/c1-9(2)38-18(33)11(5)27-41(36,28-12(6)19(34)39-10(3)4)37-8-22(20(24)25)15(31)14(30)17(40-22)29-7-13(23)16(32)26-21(29)35/h7,9-12,14-15,17,20,30-31H,8H2,1-6H3,(H,26,32,35)(H2,27,28,36)/t11-,12-,14+,15+,17+,22+/m0/s1. The topological polar surface area (TPSA) is 208 Å². The predicted octanol–water partition coefficient (Wildman–Crippen LogP) is -0.0857. The minimum Gasteiger partial charge on any atom is -0.462 e. The summed E-state index contributed by atoms with van der Waals surface area (Å²) in [5.41, 5.74) is -5.97. The number of aromatic amines is 1. The van der Waals surface area contributed by atoms with Crippen molar-refractivity contribution in [2.24, 2.45) is 0 Å². The number of carbonyl (C=O) groups excluding carboxylic acids is 2. The van der Waals surface area contributed by atoms with Gasteiger partial charge in [0.2, 0.25) is 5.82 Å². The molecule has 41 heavy (non-hydrogen) atoms. The van der Waals surface area contributed by atoms with Gasteiger partial charge in [-0.15, -0.1) is 0 Å². The van der Waals surface area contributed by atoms with Crippen molar-refractivity contribution in [2.45, 2.75) is 96.3 Å². The summed E-state index contributed by atoms with van der Waals surface area (Å²) in [4.78, 5) is 49.7. The molecule has 0 aromatic carbocycles. The number of hydrogen-bond donors (Lipinski definition) is 5. The lowest BCUT2D eigenvalue weighted by Crippen LogP contribution is -2.53. The minimum atomic E-state index is -4.71. The summed E-state index contributed by atoms with van der Waals surface area (Å²) in [6, 6.07) is -2.77. The fraction of sp³-hybridized carbons (Fsp3) is 0.727. The van der Waals surface area contributed by atoms with Crippen molar-refractivity contribution >= 4 is 19.6 Å². The Morgan fingerprint density at radius 1 is 1.07 bits per heavy atom. The van der Waals surface area contributed by atoms with Crippen molar-refractivity contribution in [3.63, 3.8) is 0 Å². The van der Waals surface area contributed by atoms with Crippen LogP contribution in [-0.4, -0.2) is 86.8 Å². The average Bonchev–Trinajstić information content (AvgIpc) is 3.10. The first-order valence-electron chi connectivity index (χ1n) is 12.4. The van der Waals surface area contributed by atoms with Gasteiger partial charge in [0.1, 0.15) is 24.3 Å². The van der Waals surface area contributed by atoms with Crippen molar-refractivity contribution in [2.75, 3.05) is 6.61 Å². The van der Waals surface area contributed by atoms with E-state index in [4.69, 9.17) is 18.7 Å². The first-order chi connectivity index (χ1) is 18.8. The van der Waals surface area contributed by atoms with Gasteiger partial charge in [-0.2, -0.15) is 4.39 Å². The molecule has 234 valence electrons. The van der Waals surface area contributed by atoms with E-state index in [0.29, 0.717) is 0 Å². The number of esters is 2. The van der Waals surface area contributed by atoms with Crippen LogP contribution in [0, 0.1) is 5.82 Å². The van der Waals surface area contributed by atoms with Crippen LogP contribution in [0.1, 0.15) is 47.8 Å². The Kier molecular flexibility index (Phi) is 11.5. The highest BCUT2D eigenvalue weighted by Crippen LogP contribution is 2.46. The van der Waals surface area contributed by atoms with Crippen LogP contribution in [-0.2, 0) is 32.9 Å². The van der Waals surface area contributed by atoms with Gasteiger partial charge in [0.05, 0.1) is 25.0 Å². The molecule has 2 heterocycles. The third-order valence-corrected chi connectivity index (χ3v) is 7.58. The van der Waals surface area contributed by atoms with E-state index < -0.39 is 98.0 Å². The van der Waals surface area contributed by atoms with Gasteiger partial charge in [0.25, 0.3) is 12.0 Å². The highest BCUT2D eigenvalue weighted by atomic mass is 31.2. The molecule has 0 aliphatic carbocycles. The van der Waals surface area contributed by atoms with E-state index in [1.165, 1.54) is 41.5 Å². The van der Waals surface area contributed by atoms with E-state index in [0.717, 1.165) is 0 Å². The normalized spacial score (nSPS) is 24.6. The maximum absolute atomic E-state index is 14.4. The van der Waals surface area contributed by atoms with E-state index in [1.807, 2.05) is 0 Å². The molecular weight excluding hydrogens is 584 g/mol. The second kappa shape index (κ2) is 13.6. The summed E-state index contributed by atoms with van der Waals surface area (Å²) in [7, 11) is -4.71. The molecule has 0 bridgehead atoms. The van der Waals surface area contributed by atoms with Crippen LogP contribution in [0.2, 0.25) is 0 Å². The van der Waals surface area contributed by atoms with Gasteiger partial charge in [-0.25, -0.2) is 23.7 Å². The molecule has 0 saturated carbocycles. The monoisotopic (exact) mass is 618 g/mol.